The van der Waals surface area contributed by atoms with Crippen molar-refractivity contribution in [3.8, 4) is 0 Å². The zero-order chi connectivity index (χ0) is 13.1. The number of benzene rings is 1. The number of aromatic nitrogens is 3. The molecule has 1 heterocycles. The van der Waals surface area contributed by atoms with Crippen LogP contribution in [0.4, 0.5) is 4.39 Å². The molecular weight excluding hydrogens is 299 g/mol. The second-order valence-corrected chi connectivity index (χ2v) is 4.95. The van der Waals surface area contributed by atoms with Crippen molar-refractivity contribution in [2.24, 2.45) is 7.05 Å². The summed E-state index contributed by atoms with van der Waals surface area (Å²) in [7, 11) is 1.82. The van der Waals surface area contributed by atoms with Crippen LogP contribution < -0.4 is 5.32 Å². The van der Waals surface area contributed by atoms with Gasteiger partial charge in [0.2, 0.25) is 0 Å². The van der Waals surface area contributed by atoms with Gasteiger partial charge in [0.25, 0.3) is 0 Å². The summed E-state index contributed by atoms with van der Waals surface area (Å²) in [6.45, 7) is 2.38. The Morgan fingerprint density at radius 2 is 2.28 bits per heavy atom. The van der Waals surface area contributed by atoms with Crippen LogP contribution in [0.5, 0.6) is 0 Å². The Hall–Kier alpha value is -1.27. The number of halogens is 2. The van der Waals surface area contributed by atoms with Crippen LogP contribution in [0, 0.1) is 5.82 Å². The molecule has 1 aromatic carbocycles. The molecular formula is C12H14BrFN4. The minimum absolute atomic E-state index is 0.0235. The van der Waals surface area contributed by atoms with Crippen molar-refractivity contribution in [3.05, 3.63) is 46.2 Å². The van der Waals surface area contributed by atoms with Gasteiger partial charge in [-0.3, -0.25) is 4.68 Å². The van der Waals surface area contributed by atoms with Crippen LogP contribution in [0.3, 0.4) is 0 Å². The number of hydrogen-bond acceptors (Lipinski definition) is 3. The normalized spacial score (nSPS) is 12.7. The zero-order valence-corrected chi connectivity index (χ0v) is 11.8. The van der Waals surface area contributed by atoms with E-state index in [1.165, 1.54) is 0 Å². The summed E-state index contributed by atoms with van der Waals surface area (Å²) in [5.74, 6) is 0.471. The van der Waals surface area contributed by atoms with E-state index in [1.807, 2.05) is 20.0 Å². The van der Waals surface area contributed by atoms with Gasteiger partial charge in [0.1, 0.15) is 12.1 Å². The molecule has 1 atom stereocenters. The Labute approximate surface area is 113 Å². The van der Waals surface area contributed by atoms with E-state index in [2.05, 4.69) is 31.3 Å². The fourth-order valence-corrected chi connectivity index (χ4v) is 2.00. The highest BCUT2D eigenvalue weighted by atomic mass is 79.9. The first-order chi connectivity index (χ1) is 8.58. The van der Waals surface area contributed by atoms with E-state index < -0.39 is 0 Å². The molecule has 0 bridgehead atoms. The molecule has 0 radical (unpaired) electrons. The lowest BCUT2D eigenvalue weighted by atomic mass is 10.2. The third-order valence-electron chi connectivity index (χ3n) is 2.63. The molecule has 0 aliphatic heterocycles. The molecule has 0 aliphatic rings. The molecule has 4 nitrogen and oxygen atoms in total. The average Bonchev–Trinajstić information content (AvgIpc) is 2.77. The number of aryl methyl sites for hydroxylation is 1. The van der Waals surface area contributed by atoms with E-state index in [1.54, 1.807) is 23.1 Å². The third-order valence-corrected chi connectivity index (χ3v) is 3.25. The zero-order valence-electron chi connectivity index (χ0n) is 10.2. The lowest BCUT2D eigenvalue weighted by Crippen LogP contribution is -2.20. The topological polar surface area (TPSA) is 42.7 Å². The van der Waals surface area contributed by atoms with Gasteiger partial charge in [0, 0.05) is 19.2 Å². The van der Waals surface area contributed by atoms with E-state index in [0.717, 1.165) is 0 Å². The summed E-state index contributed by atoms with van der Waals surface area (Å²) in [6, 6.07) is 5.23. The van der Waals surface area contributed by atoms with Crippen LogP contribution in [-0.4, -0.2) is 14.8 Å². The van der Waals surface area contributed by atoms with E-state index in [9.17, 15) is 4.39 Å². The Morgan fingerprint density at radius 1 is 1.50 bits per heavy atom. The van der Waals surface area contributed by atoms with E-state index in [-0.39, 0.29) is 11.9 Å². The van der Waals surface area contributed by atoms with Gasteiger partial charge in [-0.25, -0.2) is 9.37 Å². The molecule has 96 valence electrons. The van der Waals surface area contributed by atoms with Crippen LogP contribution in [0.1, 0.15) is 24.4 Å². The average molecular weight is 313 g/mol. The smallest absolute Gasteiger partial charge is 0.167 e. The number of hydrogen-bond donors (Lipinski definition) is 1. The van der Waals surface area contributed by atoms with E-state index in [0.29, 0.717) is 22.4 Å². The molecule has 2 rings (SSSR count). The number of nitrogens with zero attached hydrogens (tertiary/aromatic N) is 3. The van der Waals surface area contributed by atoms with Crippen LogP contribution in [0.25, 0.3) is 0 Å². The molecule has 0 saturated carbocycles. The standard InChI is InChI=1S/C12H14BrFN4/c1-8(12-16-7-18(2)17-12)15-6-9-4-3-5-10(13)11(9)14/h3-5,7-8,15H,6H2,1-2H3. The fourth-order valence-electron chi connectivity index (χ4n) is 1.59. The molecule has 1 unspecified atom stereocenters. The second-order valence-electron chi connectivity index (χ2n) is 4.09. The Balaban J connectivity index is 2.01. The van der Waals surface area contributed by atoms with Gasteiger partial charge in [0.15, 0.2) is 5.82 Å². The highest BCUT2D eigenvalue weighted by molar-refractivity contribution is 9.10. The molecule has 0 fully saturated rings. The molecule has 2 aromatic rings. The summed E-state index contributed by atoms with van der Waals surface area (Å²) in [6.07, 6.45) is 1.65. The largest absolute Gasteiger partial charge is 0.303 e. The molecule has 6 heteroatoms. The summed E-state index contributed by atoms with van der Waals surface area (Å²) < 4.78 is 15.9. The highest BCUT2D eigenvalue weighted by Crippen LogP contribution is 2.19. The van der Waals surface area contributed by atoms with Crippen molar-refractivity contribution in [2.75, 3.05) is 0 Å². The predicted octanol–water partition coefficient (Wildman–Crippen LogP) is 2.57. The quantitative estimate of drug-likeness (QED) is 0.943. The van der Waals surface area contributed by atoms with Gasteiger partial charge in [-0.1, -0.05) is 12.1 Å². The third kappa shape index (κ3) is 2.94. The summed E-state index contributed by atoms with van der Waals surface area (Å²) in [5.41, 5.74) is 0.618. The minimum atomic E-state index is -0.230. The second kappa shape index (κ2) is 5.58. The van der Waals surface area contributed by atoms with E-state index in [4.69, 9.17) is 0 Å². The first-order valence-electron chi connectivity index (χ1n) is 5.59. The molecule has 1 N–H and O–H groups in total. The van der Waals surface area contributed by atoms with Crippen molar-refractivity contribution in [1.82, 2.24) is 20.1 Å². The first kappa shape index (κ1) is 13.2. The molecule has 0 saturated heterocycles. The maximum absolute atomic E-state index is 13.7. The molecule has 0 spiro atoms. The van der Waals surface area contributed by atoms with Crippen LogP contribution in [0.15, 0.2) is 29.0 Å². The first-order valence-corrected chi connectivity index (χ1v) is 6.39. The van der Waals surface area contributed by atoms with Crippen molar-refractivity contribution in [3.63, 3.8) is 0 Å². The van der Waals surface area contributed by atoms with Crippen molar-refractivity contribution in [1.29, 1.82) is 0 Å². The monoisotopic (exact) mass is 312 g/mol. The van der Waals surface area contributed by atoms with Crippen molar-refractivity contribution in [2.45, 2.75) is 19.5 Å². The number of nitrogens with one attached hydrogen (secondary N) is 1. The van der Waals surface area contributed by atoms with Gasteiger partial charge < -0.3 is 5.32 Å². The summed E-state index contributed by atoms with van der Waals surface area (Å²) in [4.78, 5) is 4.15. The van der Waals surface area contributed by atoms with Gasteiger partial charge >= 0.3 is 0 Å². The van der Waals surface area contributed by atoms with Crippen molar-refractivity contribution < 1.29 is 4.39 Å². The number of rotatable bonds is 4. The lowest BCUT2D eigenvalue weighted by molar-refractivity contribution is 0.521. The summed E-state index contributed by atoms with van der Waals surface area (Å²) >= 11 is 3.17. The maximum atomic E-state index is 13.7. The predicted molar refractivity (Wildman–Crippen MR) is 70.4 cm³/mol. The Kier molecular flexibility index (Phi) is 4.08. The van der Waals surface area contributed by atoms with Gasteiger partial charge in [-0.2, -0.15) is 5.10 Å². The SMILES string of the molecule is CC(NCc1cccc(Br)c1F)c1ncn(C)n1. The Morgan fingerprint density at radius 3 is 2.94 bits per heavy atom. The molecule has 18 heavy (non-hydrogen) atoms. The maximum Gasteiger partial charge on any atom is 0.167 e. The highest BCUT2D eigenvalue weighted by Gasteiger charge is 2.11. The van der Waals surface area contributed by atoms with Crippen LogP contribution >= 0.6 is 15.9 Å². The van der Waals surface area contributed by atoms with Gasteiger partial charge in [-0.05, 0) is 28.9 Å². The van der Waals surface area contributed by atoms with Crippen LogP contribution in [0.2, 0.25) is 0 Å². The fraction of sp³-hybridized carbons (Fsp3) is 0.333. The van der Waals surface area contributed by atoms with E-state index >= 15 is 0 Å². The summed E-state index contributed by atoms with van der Waals surface area (Å²) in [5, 5.41) is 7.40. The lowest BCUT2D eigenvalue weighted by Gasteiger charge is -2.11. The molecule has 1 aromatic heterocycles. The molecule has 0 amide bonds. The van der Waals surface area contributed by atoms with Crippen LogP contribution in [-0.2, 0) is 13.6 Å². The van der Waals surface area contributed by atoms with Crippen molar-refractivity contribution >= 4 is 15.9 Å². The van der Waals surface area contributed by atoms with Gasteiger partial charge in [0.05, 0.1) is 10.5 Å². The molecule has 0 aliphatic carbocycles. The van der Waals surface area contributed by atoms with Gasteiger partial charge in [-0.15, -0.1) is 0 Å². The Bertz CT molecular complexity index is 541. The minimum Gasteiger partial charge on any atom is -0.303 e.